The number of nitrogens with one attached hydrogen (secondary N) is 1. The van der Waals surface area contributed by atoms with Gasteiger partial charge in [-0.2, -0.15) is 0 Å². The minimum atomic E-state index is -1.10. The zero-order valence-corrected chi connectivity index (χ0v) is 15.2. The highest BCUT2D eigenvalue weighted by molar-refractivity contribution is 6.76. The third kappa shape index (κ3) is 6.49. The van der Waals surface area contributed by atoms with Gasteiger partial charge in [-0.15, -0.1) is 0 Å². The van der Waals surface area contributed by atoms with E-state index in [0.717, 1.165) is 11.6 Å². The quantitative estimate of drug-likeness (QED) is 0.431. The molecular formula is C16H27NO4Si. The standard InChI is InChI=1S/C16H27NO4Si/c1-17-15(18)11-13-7-6-8-14(19-2)16(13)21-12-20-9-10-22(3,4)5/h6-8H,9-12H2,1-5H3,(H,17,18). The first-order chi connectivity index (χ1) is 10.4. The molecule has 0 saturated heterocycles. The Morgan fingerprint density at radius 3 is 2.59 bits per heavy atom. The SMILES string of the molecule is CNC(=O)Cc1cccc(OC)c1OCOCC[Si](C)(C)C. The number of hydrogen-bond donors (Lipinski definition) is 1. The average Bonchev–Trinajstić information content (AvgIpc) is 2.46. The van der Waals surface area contributed by atoms with Gasteiger partial charge in [0, 0.05) is 27.3 Å². The van der Waals surface area contributed by atoms with Crippen LogP contribution in [0.5, 0.6) is 11.5 Å². The first kappa shape index (κ1) is 18.5. The third-order valence-electron chi connectivity index (χ3n) is 3.19. The number of para-hydroxylation sites is 1. The third-order valence-corrected chi connectivity index (χ3v) is 4.90. The van der Waals surface area contributed by atoms with Crippen molar-refractivity contribution in [2.45, 2.75) is 32.1 Å². The Hall–Kier alpha value is -1.53. The van der Waals surface area contributed by atoms with Crippen molar-refractivity contribution in [2.75, 3.05) is 27.6 Å². The predicted octanol–water partition coefficient (Wildman–Crippen LogP) is 2.67. The maximum absolute atomic E-state index is 11.6. The fraction of sp³-hybridized carbons (Fsp3) is 0.562. The van der Waals surface area contributed by atoms with Gasteiger partial charge >= 0.3 is 0 Å². The van der Waals surface area contributed by atoms with E-state index in [2.05, 4.69) is 25.0 Å². The predicted molar refractivity (Wildman–Crippen MR) is 90.4 cm³/mol. The molecule has 0 saturated carbocycles. The van der Waals surface area contributed by atoms with Crippen molar-refractivity contribution in [3.8, 4) is 11.5 Å². The smallest absolute Gasteiger partial charge is 0.224 e. The second-order valence-corrected chi connectivity index (χ2v) is 11.9. The number of amides is 1. The maximum Gasteiger partial charge on any atom is 0.224 e. The fourth-order valence-electron chi connectivity index (χ4n) is 1.82. The molecule has 0 bridgehead atoms. The van der Waals surface area contributed by atoms with E-state index in [1.54, 1.807) is 14.2 Å². The number of carbonyl (C=O) groups is 1. The van der Waals surface area contributed by atoms with E-state index in [1.807, 2.05) is 18.2 Å². The Morgan fingerprint density at radius 1 is 1.27 bits per heavy atom. The summed E-state index contributed by atoms with van der Waals surface area (Å²) < 4.78 is 16.6. The first-order valence-electron chi connectivity index (χ1n) is 7.44. The summed E-state index contributed by atoms with van der Waals surface area (Å²) in [4.78, 5) is 11.6. The van der Waals surface area contributed by atoms with Crippen molar-refractivity contribution in [1.29, 1.82) is 0 Å². The van der Waals surface area contributed by atoms with Gasteiger partial charge in [-0.05, 0) is 12.1 Å². The van der Waals surface area contributed by atoms with Gasteiger partial charge in [0.1, 0.15) is 0 Å². The van der Waals surface area contributed by atoms with Crippen molar-refractivity contribution >= 4 is 14.0 Å². The molecule has 0 unspecified atom stereocenters. The highest BCUT2D eigenvalue weighted by Gasteiger charge is 2.14. The second kappa shape index (κ2) is 8.80. The largest absolute Gasteiger partial charge is 0.493 e. The van der Waals surface area contributed by atoms with Crippen LogP contribution >= 0.6 is 0 Å². The van der Waals surface area contributed by atoms with Crippen molar-refractivity contribution in [3.05, 3.63) is 23.8 Å². The minimum Gasteiger partial charge on any atom is -0.493 e. The molecule has 0 radical (unpaired) electrons. The number of ether oxygens (including phenoxy) is 3. The Labute approximate surface area is 134 Å². The number of hydrogen-bond acceptors (Lipinski definition) is 4. The van der Waals surface area contributed by atoms with E-state index < -0.39 is 8.07 Å². The molecule has 0 atom stereocenters. The molecule has 1 amide bonds. The normalized spacial score (nSPS) is 11.1. The molecule has 0 heterocycles. The average molecular weight is 325 g/mol. The summed E-state index contributed by atoms with van der Waals surface area (Å²) in [7, 11) is 2.09. The summed E-state index contributed by atoms with van der Waals surface area (Å²) in [5, 5.41) is 2.61. The summed E-state index contributed by atoms with van der Waals surface area (Å²) in [6, 6.07) is 6.60. The zero-order valence-electron chi connectivity index (χ0n) is 14.2. The molecule has 6 heteroatoms. The van der Waals surface area contributed by atoms with Gasteiger partial charge in [-0.25, -0.2) is 0 Å². The van der Waals surface area contributed by atoms with Gasteiger partial charge < -0.3 is 19.5 Å². The number of rotatable bonds is 9. The van der Waals surface area contributed by atoms with Gasteiger partial charge in [0.2, 0.25) is 5.91 Å². The summed E-state index contributed by atoms with van der Waals surface area (Å²) in [5.74, 6) is 1.11. The molecule has 0 aliphatic carbocycles. The van der Waals surface area contributed by atoms with E-state index in [-0.39, 0.29) is 19.1 Å². The molecular weight excluding hydrogens is 298 g/mol. The van der Waals surface area contributed by atoms with Gasteiger partial charge in [-0.1, -0.05) is 31.8 Å². The summed E-state index contributed by atoms with van der Waals surface area (Å²) in [6.07, 6.45) is 0.248. The fourth-order valence-corrected chi connectivity index (χ4v) is 2.58. The van der Waals surface area contributed by atoms with E-state index in [9.17, 15) is 4.79 Å². The maximum atomic E-state index is 11.6. The number of methoxy groups -OCH3 is 1. The molecule has 0 aliphatic heterocycles. The summed E-state index contributed by atoms with van der Waals surface area (Å²) in [5.41, 5.74) is 0.785. The van der Waals surface area contributed by atoms with Crippen LogP contribution in [0.25, 0.3) is 0 Å². The van der Waals surface area contributed by atoms with E-state index in [1.165, 1.54) is 0 Å². The molecule has 1 rings (SSSR count). The molecule has 1 aromatic rings. The van der Waals surface area contributed by atoms with Crippen LogP contribution in [-0.4, -0.2) is 41.5 Å². The van der Waals surface area contributed by atoms with E-state index >= 15 is 0 Å². The van der Waals surface area contributed by atoms with Gasteiger partial charge in [-0.3, -0.25) is 4.79 Å². The molecule has 22 heavy (non-hydrogen) atoms. The molecule has 1 aromatic carbocycles. The van der Waals surface area contributed by atoms with Crippen LogP contribution in [-0.2, 0) is 16.0 Å². The first-order valence-corrected chi connectivity index (χ1v) is 11.1. The van der Waals surface area contributed by atoms with Crippen molar-refractivity contribution in [1.82, 2.24) is 5.32 Å². The molecule has 0 spiro atoms. The molecule has 0 fully saturated rings. The van der Waals surface area contributed by atoms with E-state index in [4.69, 9.17) is 14.2 Å². The molecule has 0 aromatic heterocycles. The van der Waals surface area contributed by atoms with Gasteiger partial charge in [0.15, 0.2) is 18.3 Å². The van der Waals surface area contributed by atoms with Crippen molar-refractivity contribution < 1.29 is 19.0 Å². The lowest BCUT2D eigenvalue weighted by Gasteiger charge is -2.17. The number of carbonyl (C=O) groups excluding carboxylic acids is 1. The van der Waals surface area contributed by atoms with Gasteiger partial charge in [0.05, 0.1) is 13.5 Å². The molecule has 124 valence electrons. The van der Waals surface area contributed by atoms with Crippen LogP contribution in [0, 0.1) is 0 Å². The van der Waals surface area contributed by atoms with E-state index in [0.29, 0.717) is 18.1 Å². The van der Waals surface area contributed by atoms with Crippen LogP contribution < -0.4 is 14.8 Å². The Kier molecular flexibility index (Phi) is 7.41. The van der Waals surface area contributed by atoms with Crippen molar-refractivity contribution in [2.24, 2.45) is 0 Å². The minimum absolute atomic E-state index is 0.0715. The van der Waals surface area contributed by atoms with Crippen LogP contribution in [0.1, 0.15) is 5.56 Å². The van der Waals surface area contributed by atoms with Crippen LogP contribution in [0.2, 0.25) is 25.7 Å². The highest BCUT2D eigenvalue weighted by atomic mass is 28.3. The Morgan fingerprint density at radius 2 is 2.00 bits per heavy atom. The Balaban J connectivity index is 2.65. The monoisotopic (exact) mass is 325 g/mol. The number of likely N-dealkylation sites (N-methyl/N-ethyl adjacent to an activating group) is 1. The molecule has 1 N–H and O–H groups in total. The molecule has 5 nitrogen and oxygen atoms in total. The van der Waals surface area contributed by atoms with Crippen LogP contribution in [0.4, 0.5) is 0 Å². The lowest BCUT2D eigenvalue weighted by molar-refractivity contribution is -0.120. The Bertz CT molecular complexity index is 486. The highest BCUT2D eigenvalue weighted by Crippen LogP contribution is 2.31. The van der Waals surface area contributed by atoms with Gasteiger partial charge in [0.25, 0.3) is 0 Å². The number of benzene rings is 1. The summed E-state index contributed by atoms with van der Waals surface area (Å²) >= 11 is 0. The lowest BCUT2D eigenvalue weighted by Crippen LogP contribution is -2.22. The van der Waals surface area contributed by atoms with Crippen molar-refractivity contribution in [3.63, 3.8) is 0 Å². The second-order valence-electron chi connectivity index (χ2n) is 6.28. The summed E-state index contributed by atoms with van der Waals surface area (Å²) in [6.45, 7) is 7.76. The topological polar surface area (TPSA) is 56.8 Å². The van der Waals surface area contributed by atoms with Crippen LogP contribution in [0.3, 0.4) is 0 Å². The lowest BCUT2D eigenvalue weighted by atomic mass is 10.1. The molecule has 0 aliphatic rings. The van der Waals surface area contributed by atoms with Crippen LogP contribution in [0.15, 0.2) is 18.2 Å². The zero-order chi connectivity index (χ0) is 16.6.